The monoisotopic (exact) mass is 130 g/mol. The lowest BCUT2D eigenvalue weighted by Crippen LogP contribution is -2.56. The molecule has 3 heteroatoms. The van der Waals surface area contributed by atoms with Gasteiger partial charge in [-0.3, -0.25) is 0 Å². The average Bonchev–Trinajstić information content (AvgIpc) is 1.89. The van der Waals surface area contributed by atoms with Crippen molar-refractivity contribution < 1.29 is 5.11 Å². The molecule has 1 fully saturated rings. The quantitative estimate of drug-likeness (QED) is 0.423. The van der Waals surface area contributed by atoms with Crippen molar-refractivity contribution in [2.45, 2.75) is 19.0 Å². The van der Waals surface area contributed by atoms with E-state index >= 15 is 0 Å². The molecule has 54 valence electrons. The Bertz CT molecular complexity index is 87.1. The van der Waals surface area contributed by atoms with E-state index in [0.29, 0.717) is 6.04 Å². The summed E-state index contributed by atoms with van der Waals surface area (Å²) in [5, 5.41) is 15.2. The number of aliphatic hydroxyl groups is 1. The lowest BCUT2D eigenvalue weighted by atomic mass is 10.1. The first-order valence-corrected chi connectivity index (χ1v) is 3.42. The molecule has 1 heterocycles. The van der Waals surface area contributed by atoms with Gasteiger partial charge >= 0.3 is 0 Å². The lowest BCUT2D eigenvalue weighted by Gasteiger charge is -2.29. The number of piperazine rings is 1. The van der Waals surface area contributed by atoms with Crippen LogP contribution in [0.4, 0.5) is 0 Å². The maximum atomic E-state index is 8.76. The van der Waals surface area contributed by atoms with Gasteiger partial charge < -0.3 is 15.7 Å². The van der Waals surface area contributed by atoms with Crippen molar-refractivity contribution in [3.63, 3.8) is 0 Å². The lowest BCUT2D eigenvalue weighted by molar-refractivity contribution is 0.199. The molecule has 3 nitrogen and oxygen atoms in total. The number of aliphatic hydroxyl groups excluding tert-OH is 1. The Hall–Kier alpha value is -0.120. The van der Waals surface area contributed by atoms with Crippen LogP contribution in [0, 0.1) is 0 Å². The summed E-state index contributed by atoms with van der Waals surface area (Å²) in [6, 6.07) is 0.655. The predicted molar refractivity (Wildman–Crippen MR) is 36.3 cm³/mol. The van der Waals surface area contributed by atoms with Crippen LogP contribution in [0.2, 0.25) is 0 Å². The van der Waals surface area contributed by atoms with Crippen LogP contribution in [-0.4, -0.2) is 36.9 Å². The van der Waals surface area contributed by atoms with Crippen LogP contribution in [0.5, 0.6) is 0 Å². The summed E-state index contributed by atoms with van der Waals surface area (Å²) in [6.07, 6.45) is 0. The van der Waals surface area contributed by atoms with Gasteiger partial charge in [0.25, 0.3) is 0 Å². The van der Waals surface area contributed by atoms with E-state index in [4.69, 9.17) is 5.11 Å². The Morgan fingerprint density at radius 2 is 2.11 bits per heavy atom. The number of hydrogen-bond donors (Lipinski definition) is 3. The summed E-state index contributed by atoms with van der Waals surface area (Å²) in [6.45, 7) is 4.29. The fraction of sp³-hybridized carbons (Fsp3) is 1.00. The van der Waals surface area contributed by atoms with Gasteiger partial charge in [0.1, 0.15) is 0 Å². The molecule has 0 aromatic heterocycles. The third-order valence-corrected chi connectivity index (χ3v) is 1.80. The Morgan fingerprint density at radius 3 is 2.56 bits per heavy atom. The molecule has 1 aliphatic heterocycles. The first-order valence-electron chi connectivity index (χ1n) is 3.42. The van der Waals surface area contributed by atoms with Gasteiger partial charge in [0.2, 0.25) is 0 Å². The molecular formula is C6H14N2O. The summed E-state index contributed by atoms with van der Waals surface area (Å²) in [5.41, 5.74) is 0. The first kappa shape index (κ1) is 6.99. The van der Waals surface area contributed by atoms with Crippen molar-refractivity contribution in [1.82, 2.24) is 10.6 Å². The molecular weight excluding hydrogens is 116 g/mol. The molecule has 2 atom stereocenters. The Kier molecular flexibility index (Phi) is 2.45. The van der Waals surface area contributed by atoms with Crippen molar-refractivity contribution in [2.75, 3.05) is 19.7 Å². The van der Waals surface area contributed by atoms with Gasteiger partial charge in [0.05, 0.1) is 6.61 Å². The van der Waals surface area contributed by atoms with Crippen LogP contribution in [0.3, 0.4) is 0 Å². The van der Waals surface area contributed by atoms with Crippen molar-refractivity contribution >= 4 is 0 Å². The second kappa shape index (κ2) is 3.15. The second-order valence-electron chi connectivity index (χ2n) is 2.49. The van der Waals surface area contributed by atoms with Gasteiger partial charge in [-0.1, -0.05) is 0 Å². The van der Waals surface area contributed by atoms with Crippen LogP contribution >= 0.6 is 0 Å². The van der Waals surface area contributed by atoms with E-state index in [1.165, 1.54) is 0 Å². The smallest absolute Gasteiger partial charge is 0.0599 e. The van der Waals surface area contributed by atoms with Gasteiger partial charge in [-0.05, 0) is 6.92 Å². The van der Waals surface area contributed by atoms with Gasteiger partial charge in [0, 0.05) is 25.2 Å². The Balaban J connectivity index is 2.30. The van der Waals surface area contributed by atoms with Crippen molar-refractivity contribution in [3.8, 4) is 0 Å². The van der Waals surface area contributed by atoms with E-state index in [0.717, 1.165) is 13.1 Å². The molecule has 0 aromatic rings. The van der Waals surface area contributed by atoms with E-state index in [1.807, 2.05) is 0 Å². The fourth-order valence-corrected chi connectivity index (χ4v) is 1.10. The predicted octanol–water partition coefficient (Wildman–Crippen LogP) is -1.07. The molecule has 1 saturated heterocycles. The molecule has 0 aliphatic carbocycles. The number of nitrogens with one attached hydrogen (secondary N) is 2. The molecule has 1 rings (SSSR count). The average molecular weight is 130 g/mol. The molecule has 0 bridgehead atoms. The SMILES string of the molecule is C[C@@H]1NCCN[C@@H]1CO. The fourth-order valence-electron chi connectivity index (χ4n) is 1.10. The van der Waals surface area contributed by atoms with Crippen molar-refractivity contribution in [2.24, 2.45) is 0 Å². The van der Waals surface area contributed by atoms with Gasteiger partial charge in [-0.15, -0.1) is 0 Å². The van der Waals surface area contributed by atoms with Crippen LogP contribution in [0.15, 0.2) is 0 Å². The summed E-state index contributed by atoms with van der Waals surface area (Å²) >= 11 is 0. The molecule has 0 spiro atoms. The second-order valence-corrected chi connectivity index (χ2v) is 2.49. The third-order valence-electron chi connectivity index (χ3n) is 1.80. The summed E-state index contributed by atoms with van der Waals surface area (Å²) in [5.74, 6) is 0. The van der Waals surface area contributed by atoms with E-state index in [9.17, 15) is 0 Å². The third kappa shape index (κ3) is 1.64. The van der Waals surface area contributed by atoms with E-state index in [2.05, 4.69) is 17.6 Å². The molecule has 0 aromatic carbocycles. The minimum Gasteiger partial charge on any atom is -0.395 e. The van der Waals surface area contributed by atoms with Crippen LogP contribution < -0.4 is 10.6 Å². The highest BCUT2D eigenvalue weighted by Crippen LogP contribution is 1.94. The zero-order chi connectivity index (χ0) is 6.69. The van der Waals surface area contributed by atoms with E-state index in [1.54, 1.807) is 0 Å². The van der Waals surface area contributed by atoms with E-state index < -0.39 is 0 Å². The zero-order valence-corrected chi connectivity index (χ0v) is 5.72. The molecule has 9 heavy (non-hydrogen) atoms. The molecule has 0 amide bonds. The Labute approximate surface area is 55.5 Å². The Morgan fingerprint density at radius 1 is 1.44 bits per heavy atom. The van der Waals surface area contributed by atoms with Crippen molar-refractivity contribution in [1.29, 1.82) is 0 Å². The maximum absolute atomic E-state index is 8.76. The topological polar surface area (TPSA) is 44.3 Å². The van der Waals surface area contributed by atoms with Crippen LogP contribution in [0.1, 0.15) is 6.92 Å². The molecule has 1 aliphatic rings. The summed E-state index contributed by atoms with van der Waals surface area (Å²) in [7, 11) is 0. The first-order chi connectivity index (χ1) is 4.34. The highest BCUT2D eigenvalue weighted by atomic mass is 16.3. The van der Waals surface area contributed by atoms with E-state index in [-0.39, 0.29) is 12.6 Å². The summed E-state index contributed by atoms with van der Waals surface area (Å²) in [4.78, 5) is 0. The van der Waals surface area contributed by atoms with Crippen LogP contribution in [0.25, 0.3) is 0 Å². The molecule has 0 unspecified atom stereocenters. The van der Waals surface area contributed by atoms with Gasteiger partial charge in [-0.25, -0.2) is 0 Å². The molecule has 3 N–H and O–H groups in total. The minimum atomic E-state index is 0.230. The van der Waals surface area contributed by atoms with Gasteiger partial charge in [-0.2, -0.15) is 0 Å². The normalized spacial score (nSPS) is 36.7. The molecule has 0 saturated carbocycles. The largest absolute Gasteiger partial charge is 0.395 e. The van der Waals surface area contributed by atoms with Gasteiger partial charge in [0.15, 0.2) is 0 Å². The highest BCUT2D eigenvalue weighted by molar-refractivity contribution is 4.82. The number of hydrogen-bond acceptors (Lipinski definition) is 3. The highest BCUT2D eigenvalue weighted by Gasteiger charge is 2.17. The minimum absolute atomic E-state index is 0.230. The number of rotatable bonds is 1. The standard InChI is InChI=1S/C6H14N2O/c1-5-6(4-9)8-3-2-7-5/h5-9H,2-4H2,1H3/t5-,6+/m0/s1. The summed E-state index contributed by atoms with van der Waals surface area (Å²) < 4.78 is 0. The van der Waals surface area contributed by atoms with Crippen molar-refractivity contribution in [3.05, 3.63) is 0 Å². The zero-order valence-electron chi connectivity index (χ0n) is 5.72. The molecule has 0 radical (unpaired) electrons. The van der Waals surface area contributed by atoms with Crippen LogP contribution in [-0.2, 0) is 0 Å². The maximum Gasteiger partial charge on any atom is 0.0599 e.